The van der Waals surface area contributed by atoms with E-state index < -0.39 is 5.97 Å². The van der Waals surface area contributed by atoms with Crippen LogP contribution in [0.15, 0.2) is 42.7 Å². The number of aromatic nitrogens is 1. The molecular formula is C14H15NO2. The Balaban J connectivity index is 2.27. The Kier molecular flexibility index (Phi) is 3.28. The van der Waals surface area contributed by atoms with Crippen LogP contribution in [-0.4, -0.2) is 15.6 Å². The van der Waals surface area contributed by atoms with Gasteiger partial charge in [0.1, 0.15) is 0 Å². The standard InChI is InChI=1S/C14H15NO2/c1-11-4-5-12(6-7-14(16)17)10-13(11)15-8-2-3-9-15/h2-5,8-10H,6-7H2,1H3,(H,16,17). The maximum absolute atomic E-state index is 10.5. The van der Waals surface area contributed by atoms with Gasteiger partial charge in [0, 0.05) is 24.5 Å². The molecule has 0 saturated carbocycles. The first kappa shape index (κ1) is 11.5. The van der Waals surface area contributed by atoms with Crippen molar-refractivity contribution in [2.24, 2.45) is 0 Å². The molecule has 0 atom stereocenters. The molecule has 17 heavy (non-hydrogen) atoms. The van der Waals surface area contributed by atoms with Crippen LogP contribution in [0.2, 0.25) is 0 Å². The van der Waals surface area contributed by atoms with E-state index in [2.05, 4.69) is 13.0 Å². The summed E-state index contributed by atoms with van der Waals surface area (Å²) in [4.78, 5) is 10.5. The number of hydrogen-bond acceptors (Lipinski definition) is 1. The SMILES string of the molecule is Cc1ccc(CCC(=O)O)cc1-n1cccc1. The number of nitrogens with zero attached hydrogens (tertiary/aromatic N) is 1. The largest absolute Gasteiger partial charge is 0.481 e. The predicted octanol–water partition coefficient (Wildman–Crippen LogP) is 2.80. The van der Waals surface area contributed by atoms with Crippen molar-refractivity contribution in [3.8, 4) is 5.69 Å². The first-order valence-electron chi connectivity index (χ1n) is 5.61. The average molecular weight is 229 g/mol. The number of carbonyl (C=O) groups is 1. The summed E-state index contributed by atoms with van der Waals surface area (Å²) in [6.45, 7) is 2.05. The summed E-state index contributed by atoms with van der Waals surface area (Å²) in [5, 5.41) is 8.68. The van der Waals surface area contributed by atoms with Gasteiger partial charge < -0.3 is 9.67 Å². The van der Waals surface area contributed by atoms with Crippen molar-refractivity contribution in [2.45, 2.75) is 19.8 Å². The highest BCUT2D eigenvalue weighted by atomic mass is 16.4. The average Bonchev–Trinajstić information content (AvgIpc) is 2.81. The van der Waals surface area contributed by atoms with Crippen LogP contribution in [0, 0.1) is 6.92 Å². The van der Waals surface area contributed by atoms with Gasteiger partial charge in [-0.05, 0) is 42.7 Å². The van der Waals surface area contributed by atoms with Crippen LogP contribution in [-0.2, 0) is 11.2 Å². The first-order valence-corrected chi connectivity index (χ1v) is 5.61. The van der Waals surface area contributed by atoms with E-state index in [0.717, 1.165) is 11.3 Å². The van der Waals surface area contributed by atoms with Crippen LogP contribution in [0.3, 0.4) is 0 Å². The molecule has 3 nitrogen and oxygen atoms in total. The molecule has 3 heteroatoms. The van der Waals surface area contributed by atoms with Crippen LogP contribution < -0.4 is 0 Å². The van der Waals surface area contributed by atoms with E-state index in [-0.39, 0.29) is 6.42 Å². The van der Waals surface area contributed by atoms with Crippen molar-refractivity contribution in [3.05, 3.63) is 53.9 Å². The molecule has 0 spiro atoms. The summed E-state index contributed by atoms with van der Waals surface area (Å²) in [7, 11) is 0. The molecule has 0 bridgehead atoms. The number of aryl methyl sites for hydroxylation is 2. The van der Waals surface area contributed by atoms with Crippen molar-refractivity contribution in [1.29, 1.82) is 0 Å². The highest BCUT2D eigenvalue weighted by Crippen LogP contribution is 2.17. The fourth-order valence-electron chi connectivity index (χ4n) is 1.84. The fraction of sp³-hybridized carbons (Fsp3) is 0.214. The summed E-state index contributed by atoms with van der Waals surface area (Å²) in [5.41, 5.74) is 3.35. The molecular weight excluding hydrogens is 214 g/mol. The van der Waals surface area contributed by atoms with Crippen molar-refractivity contribution in [1.82, 2.24) is 4.57 Å². The molecule has 0 aliphatic rings. The molecule has 0 radical (unpaired) electrons. The highest BCUT2D eigenvalue weighted by Gasteiger charge is 2.04. The number of aliphatic carboxylic acids is 1. The Morgan fingerprint density at radius 3 is 2.65 bits per heavy atom. The topological polar surface area (TPSA) is 42.2 Å². The van der Waals surface area contributed by atoms with Gasteiger partial charge in [0.2, 0.25) is 0 Å². The van der Waals surface area contributed by atoms with Gasteiger partial charge in [0.15, 0.2) is 0 Å². The summed E-state index contributed by atoms with van der Waals surface area (Å²) in [6.07, 6.45) is 4.73. The third kappa shape index (κ3) is 2.75. The van der Waals surface area contributed by atoms with E-state index in [4.69, 9.17) is 5.11 Å². The van der Waals surface area contributed by atoms with Crippen molar-refractivity contribution < 1.29 is 9.90 Å². The number of carboxylic acids is 1. The Morgan fingerprint density at radius 1 is 1.29 bits per heavy atom. The lowest BCUT2D eigenvalue weighted by Crippen LogP contribution is -2.00. The molecule has 1 N–H and O–H groups in total. The maximum Gasteiger partial charge on any atom is 0.303 e. The van der Waals surface area contributed by atoms with E-state index in [0.29, 0.717) is 6.42 Å². The second-order valence-electron chi connectivity index (χ2n) is 4.10. The number of hydrogen-bond donors (Lipinski definition) is 1. The van der Waals surface area contributed by atoms with Crippen molar-refractivity contribution >= 4 is 5.97 Å². The van der Waals surface area contributed by atoms with Gasteiger partial charge in [-0.1, -0.05) is 12.1 Å². The summed E-state index contributed by atoms with van der Waals surface area (Å²) >= 11 is 0. The first-order chi connectivity index (χ1) is 8.16. The van der Waals surface area contributed by atoms with Crippen LogP contribution in [0.1, 0.15) is 17.5 Å². The lowest BCUT2D eigenvalue weighted by molar-refractivity contribution is -0.136. The van der Waals surface area contributed by atoms with E-state index in [1.807, 2.05) is 41.2 Å². The minimum absolute atomic E-state index is 0.175. The summed E-state index contributed by atoms with van der Waals surface area (Å²) in [5.74, 6) is -0.756. The number of benzene rings is 1. The smallest absolute Gasteiger partial charge is 0.303 e. The molecule has 0 fully saturated rings. The maximum atomic E-state index is 10.5. The van der Waals surface area contributed by atoms with Crippen molar-refractivity contribution in [2.75, 3.05) is 0 Å². The Labute approximate surface area is 100 Å². The Bertz CT molecular complexity index is 515. The zero-order valence-corrected chi connectivity index (χ0v) is 9.76. The molecule has 0 unspecified atom stereocenters. The number of carboxylic acid groups (broad SMARTS) is 1. The molecule has 0 amide bonds. The van der Waals surface area contributed by atoms with E-state index in [1.54, 1.807) is 0 Å². The minimum atomic E-state index is -0.756. The van der Waals surface area contributed by atoms with Gasteiger partial charge in [-0.15, -0.1) is 0 Å². The molecule has 0 saturated heterocycles. The monoisotopic (exact) mass is 229 g/mol. The lowest BCUT2D eigenvalue weighted by Gasteiger charge is -2.09. The van der Waals surface area contributed by atoms with Crippen LogP contribution in [0.25, 0.3) is 5.69 Å². The molecule has 2 rings (SSSR count). The third-order valence-corrected chi connectivity index (χ3v) is 2.78. The normalized spacial score (nSPS) is 10.4. The van der Waals surface area contributed by atoms with Gasteiger partial charge in [-0.3, -0.25) is 4.79 Å². The lowest BCUT2D eigenvalue weighted by atomic mass is 10.1. The molecule has 1 heterocycles. The highest BCUT2D eigenvalue weighted by molar-refractivity contribution is 5.67. The van der Waals surface area contributed by atoms with Crippen LogP contribution >= 0.6 is 0 Å². The van der Waals surface area contributed by atoms with Crippen LogP contribution in [0.5, 0.6) is 0 Å². The quantitative estimate of drug-likeness (QED) is 0.876. The summed E-state index contributed by atoms with van der Waals surface area (Å²) < 4.78 is 2.04. The molecule has 0 aliphatic heterocycles. The number of rotatable bonds is 4. The van der Waals surface area contributed by atoms with Gasteiger partial charge >= 0.3 is 5.97 Å². The molecule has 1 aromatic heterocycles. The minimum Gasteiger partial charge on any atom is -0.481 e. The second kappa shape index (κ2) is 4.87. The zero-order chi connectivity index (χ0) is 12.3. The Hall–Kier alpha value is -2.03. The zero-order valence-electron chi connectivity index (χ0n) is 9.76. The van der Waals surface area contributed by atoms with Crippen LogP contribution in [0.4, 0.5) is 0 Å². The molecule has 0 aliphatic carbocycles. The van der Waals surface area contributed by atoms with E-state index in [9.17, 15) is 4.79 Å². The van der Waals surface area contributed by atoms with E-state index in [1.165, 1.54) is 5.56 Å². The molecule has 88 valence electrons. The van der Waals surface area contributed by atoms with Gasteiger partial charge in [-0.2, -0.15) is 0 Å². The summed E-state index contributed by atoms with van der Waals surface area (Å²) in [6, 6.07) is 10.0. The van der Waals surface area contributed by atoms with E-state index >= 15 is 0 Å². The van der Waals surface area contributed by atoms with Crippen molar-refractivity contribution in [3.63, 3.8) is 0 Å². The van der Waals surface area contributed by atoms with Gasteiger partial charge in [0.25, 0.3) is 0 Å². The van der Waals surface area contributed by atoms with Gasteiger partial charge in [0.05, 0.1) is 0 Å². The van der Waals surface area contributed by atoms with Gasteiger partial charge in [-0.25, -0.2) is 0 Å². The molecule has 2 aromatic rings. The third-order valence-electron chi connectivity index (χ3n) is 2.78. The Morgan fingerprint density at radius 2 is 2.00 bits per heavy atom. The second-order valence-corrected chi connectivity index (χ2v) is 4.10. The molecule has 1 aromatic carbocycles. The predicted molar refractivity (Wildman–Crippen MR) is 66.5 cm³/mol. The fourth-order valence-corrected chi connectivity index (χ4v) is 1.84.